The van der Waals surface area contributed by atoms with Gasteiger partial charge in [0.25, 0.3) is 0 Å². The number of nitrogens with zero attached hydrogens (tertiary/aromatic N) is 2. The summed E-state index contributed by atoms with van der Waals surface area (Å²) < 4.78 is 2.35. The third-order valence-electron chi connectivity index (χ3n) is 4.07. The average molecular weight is 235 g/mol. The smallest absolute Gasteiger partial charge is 0.0951 e. The molecule has 3 heteroatoms. The highest BCUT2D eigenvalue weighted by molar-refractivity contribution is 5.01. The van der Waals surface area contributed by atoms with E-state index in [4.69, 9.17) is 0 Å². The fraction of sp³-hybridized carbons (Fsp3) is 0.786. The van der Waals surface area contributed by atoms with Gasteiger partial charge in [-0.2, -0.15) is 0 Å². The first-order valence-electron chi connectivity index (χ1n) is 7.00. The standard InChI is InChI=1S/C14H25N3/c1-4-12(5-2)11(3)17-10-15-8-14(17)9-16-13-6-7-13/h8,10-13,16H,4-7,9H2,1-3H3. The molecule has 0 aliphatic heterocycles. The summed E-state index contributed by atoms with van der Waals surface area (Å²) in [4.78, 5) is 4.32. The summed E-state index contributed by atoms with van der Waals surface area (Å²) in [5, 5.41) is 3.57. The molecule has 0 aromatic carbocycles. The summed E-state index contributed by atoms with van der Waals surface area (Å²) in [6, 6.07) is 1.32. The van der Waals surface area contributed by atoms with E-state index >= 15 is 0 Å². The van der Waals surface area contributed by atoms with Crippen LogP contribution in [-0.2, 0) is 6.54 Å². The molecule has 1 atom stereocenters. The Morgan fingerprint density at radius 2 is 2.12 bits per heavy atom. The lowest BCUT2D eigenvalue weighted by Gasteiger charge is -2.24. The normalized spacial score (nSPS) is 17.6. The van der Waals surface area contributed by atoms with Crippen LogP contribution in [0.5, 0.6) is 0 Å². The quantitative estimate of drug-likeness (QED) is 0.787. The summed E-state index contributed by atoms with van der Waals surface area (Å²) in [5.74, 6) is 0.754. The minimum absolute atomic E-state index is 0.559. The SMILES string of the molecule is CCC(CC)C(C)n1cncc1CNC1CC1. The molecule has 1 aromatic heterocycles. The molecule has 17 heavy (non-hydrogen) atoms. The third-order valence-corrected chi connectivity index (χ3v) is 4.07. The fourth-order valence-corrected chi connectivity index (χ4v) is 2.57. The largest absolute Gasteiger partial charge is 0.330 e. The number of hydrogen-bond acceptors (Lipinski definition) is 2. The van der Waals surface area contributed by atoms with Crippen LogP contribution in [0.1, 0.15) is 58.2 Å². The summed E-state index contributed by atoms with van der Waals surface area (Å²) >= 11 is 0. The van der Waals surface area contributed by atoms with E-state index in [2.05, 4.69) is 35.6 Å². The molecule has 1 fully saturated rings. The maximum atomic E-state index is 4.32. The van der Waals surface area contributed by atoms with Crippen molar-refractivity contribution < 1.29 is 0 Å². The molecule has 96 valence electrons. The number of rotatable bonds is 7. The van der Waals surface area contributed by atoms with Gasteiger partial charge < -0.3 is 9.88 Å². The van der Waals surface area contributed by atoms with Crippen molar-refractivity contribution in [1.29, 1.82) is 0 Å². The minimum atomic E-state index is 0.559. The summed E-state index contributed by atoms with van der Waals surface area (Å²) in [5.41, 5.74) is 1.33. The zero-order valence-corrected chi connectivity index (χ0v) is 11.3. The summed E-state index contributed by atoms with van der Waals surface area (Å²) in [6.07, 6.45) is 9.17. The van der Waals surface area contributed by atoms with Crippen LogP contribution in [0.2, 0.25) is 0 Å². The zero-order chi connectivity index (χ0) is 12.3. The van der Waals surface area contributed by atoms with E-state index in [1.165, 1.54) is 31.4 Å². The van der Waals surface area contributed by atoms with E-state index in [9.17, 15) is 0 Å². The molecule has 1 unspecified atom stereocenters. The van der Waals surface area contributed by atoms with Gasteiger partial charge in [-0.3, -0.25) is 0 Å². The van der Waals surface area contributed by atoms with Gasteiger partial charge in [0.1, 0.15) is 0 Å². The second kappa shape index (κ2) is 5.67. The molecule has 1 aliphatic carbocycles. The van der Waals surface area contributed by atoms with Crippen LogP contribution in [0.3, 0.4) is 0 Å². The van der Waals surface area contributed by atoms with Crippen LogP contribution in [0.4, 0.5) is 0 Å². The third kappa shape index (κ3) is 3.09. The van der Waals surface area contributed by atoms with E-state index < -0.39 is 0 Å². The van der Waals surface area contributed by atoms with Gasteiger partial charge in [-0.25, -0.2) is 4.98 Å². The first kappa shape index (κ1) is 12.6. The van der Waals surface area contributed by atoms with Crippen molar-refractivity contribution >= 4 is 0 Å². The Morgan fingerprint density at radius 1 is 1.41 bits per heavy atom. The van der Waals surface area contributed by atoms with Crippen LogP contribution in [0.25, 0.3) is 0 Å². The molecule has 0 spiro atoms. The van der Waals surface area contributed by atoms with Crippen LogP contribution in [0.15, 0.2) is 12.5 Å². The molecule has 0 amide bonds. The summed E-state index contributed by atoms with van der Waals surface area (Å²) in [6.45, 7) is 7.85. The van der Waals surface area contributed by atoms with Crippen molar-refractivity contribution in [2.75, 3.05) is 0 Å². The van der Waals surface area contributed by atoms with Crippen molar-refractivity contribution in [3.8, 4) is 0 Å². The zero-order valence-electron chi connectivity index (χ0n) is 11.3. The van der Waals surface area contributed by atoms with Crippen molar-refractivity contribution in [1.82, 2.24) is 14.9 Å². The molecule has 2 rings (SSSR count). The number of nitrogens with one attached hydrogen (secondary N) is 1. The Morgan fingerprint density at radius 3 is 2.71 bits per heavy atom. The maximum absolute atomic E-state index is 4.32. The first-order valence-corrected chi connectivity index (χ1v) is 7.00. The molecule has 1 N–H and O–H groups in total. The van der Waals surface area contributed by atoms with Gasteiger partial charge in [0, 0.05) is 24.8 Å². The van der Waals surface area contributed by atoms with E-state index in [1.807, 2.05) is 12.5 Å². The second-order valence-electron chi connectivity index (χ2n) is 5.26. The van der Waals surface area contributed by atoms with E-state index in [0.717, 1.165) is 18.5 Å². The van der Waals surface area contributed by atoms with Gasteiger partial charge in [0.05, 0.1) is 12.0 Å². The molecule has 0 radical (unpaired) electrons. The van der Waals surface area contributed by atoms with Crippen LogP contribution < -0.4 is 5.32 Å². The molecule has 1 heterocycles. The van der Waals surface area contributed by atoms with Gasteiger partial charge >= 0.3 is 0 Å². The molecule has 3 nitrogen and oxygen atoms in total. The lowest BCUT2D eigenvalue weighted by Crippen LogP contribution is -2.22. The van der Waals surface area contributed by atoms with Crippen LogP contribution in [0, 0.1) is 5.92 Å². The van der Waals surface area contributed by atoms with Gasteiger partial charge in [-0.15, -0.1) is 0 Å². The predicted molar refractivity (Wildman–Crippen MR) is 70.9 cm³/mol. The Labute approximate surface area is 105 Å². The number of hydrogen-bond donors (Lipinski definition) is 1. The van der Waals surface area contributed by atoms with Crippen molar-refractivity contribution in [2.24, 2.45) is 5.92 Å². The number of aromatic nitrogens is 2. The number of imidazole rings is 1. The van der Waals surface area contributed by atoms with Crippen molar-refractivity contribution in [2.45, 2.75) is 65.1 Å². The summed E-state index contributed by atoms with van der Waals surface area (Å²) in [7, 11) is 0. The van der Waals surface area contributed by atoms with Gasteiger partial charge in [0.2, 0.25) is 0 Å². The van der Waals surface area contributed by atoms with Gasteiger partial charge in [-0.05, 0) is 25.7 Å². The van der Waals surface area contributed by atoms with E-state index in [-0.39, 0.29) is 0 Å². The second-order valence-corrected chi connectivity index (χ2v) is 5.26. The lowest BCUT2D eigenvalue weighted by molar-refractivity contribution is 0.325. The first-order chi connectivity index (χ1) is 8.26. The molecule has 1 aliphatic rings. The van der Waals surface area contributed by atoms with E-state index in [1.54, 1.807) is 0 Å². The Kier molecular flexibility index (Phi) is 4.21. The van der Waals surface area contributed by atoms with E-state index in [0.29, 0.717) is 6.04 Å². The molecule has 1 saturated carbocycles. The van der Waals surface area contributed by atoms with Gasteiger partial charge in [-0.1, -0.05) is 26.7 Å². The highest BCUT2D eigenvalue weighted by Gasteiger charge is 2.22. The highest BCUT2D eigenvalue weighted by Crippen LogP contribution is 2.26. The average Bonchev–Trinajstić information content (AvgIpc) is 3.05. The van der Waals surface area contributed by atoms with Crippen molar-refractivity contribution in [3.05, 3.63) is 18.2 Å². The minimum Gasteiger partial charge on any atom is -0.330 e. The highest BCUT2D eigenvalue weighted by atomic mass is 15.1. The Hall–Kier alpha value is -0.830. The molecule has 0 saturated heterocycles. The predicted octanol–water partition coefficient (Wildman–Crippen LogP) is 3.13. The fourth-order valence-electron chi connectivity index (χ4n) is 2.57. The topological polar surface area (TPSA) is 29.9 Å². The lowest BCUT2D eigenvalue weighted by atomic mass is 9.95. The molecular weight excluding hydrogens is 210 g/mol. The van der Waals surface area contributed by atoms with Gasteiger partial charge in [0.15, 0.2) is 0 Å². The Bertz CT molecular complexity index is 337. The van der Waals surface area contributed by atoms with Crippen LogP contribution in [-0.4, -0.2) is 15.6 Å². The maximum Gasteiger partial charge on any atom is 0.0951 e. The van der Waals surface area contributed by atoms with Crippen LogP contribution >= 0.6 is 0 Å². The van der Waals surface area contributed by atoms with Crippen molar-refractivity contribution in [3.63, 3.8) is 0 Å². The Balaban J connectivity index is 2.00. The molecule has 1 aromatic rings. The monoisotopic (exact) mass is 235 g/mol. The molecule has 0 bridgehead atoms. The molecular formula is C14H25N3.